The van der Waals surface area contributed by atoms with Crippen molar-refractivity contribution in [3.05, 3.63) is 70.6 Å². The fraction of sp³-hybridized carbons (Fsp3) is 0.469. The second kappa shape index (κ2) is 12.7. The summed E-state index contributed by atoms with van der Waals surface area (Å²) in [7, 11) is 0. The van der Waals surface area contributed by atoms with E-state index in [0.717, 1.165) is 40.3 Å². The first-order valence-corrected chi connectivity index (χ1v) is 14.0. The summed E-state index contributed by atoms with van der Waals surface area (Å²) >= 11 is 0. The molecule has 0 unspecified atom stereocenters. The van der Waals surface area contributed by atoms with Gasteiger partial charge in [0.25, 0.3) is 0 Å². The van der Waals surface area contributed by atoms with Crippen molar-refractivity contribution in [1.82, 2.24) is 15.2 Å². The molecule has 1 amide bonds. The Morgan fingerprint density at radius 3 is 2.38 bits per heavy atom. The monoisotopic (exact) mass is 547 g/mol. The lowest BCUT2D eigenvalue weighted by Crippen LogP contribution is -2.40. The zero-order chi connectivity index (χ0) is 28.9. The first-order valence-electron chi connectivity index (χ1n) is 14.0. The fourth-order valence-electron chi connectivity index (χ4n) is 4.65. The van der Waals surface area contributed by atoms with Gasteiger partial charge in [-0.1, -0.05) is 30.3 Å². The SMILES string of the molecule is CCOC(=O)C(C)(C)Oc1c(C)cc(CN(CC(=O)NCC2CC2)Cc2nc(-c3ccccc3)oc2C)cc1C. The maximum atomic E-state index is 12.9. The molecule has 8 nitrogen and oxygen atoms in total. The normalized spacial score (nSPS) is 13.4. The summed E-state index contributed by atoms with van der Waals surface area (Å²) in [5.74, 6) is 2.18. The quantitative estimate of drug-likeness (QED) is 0.282. The third-order valence-electron chi connectivity index (χ3n) is 6.99. The van der Waals surface area contributed by atoms with E-state index in [9.17, 15) is 9.59 Å². The van der Waals surface area contributed by atoms with Crippen LogP contribution in [0.5, 0.6) is 5.75 Å². The summed E-state index contributed by atoms with van der Waals surface area (Å²) in [6.07, 6.45) is 2.37. The summed E-state index contributed by atoms with van der Waals surface area (Å²) < 4.78 is 17.3. The van der Waals surface area contributed by atoms with Crippen molar-refractivity contribution in [3.63, 3.8) is 0 Å². The highest BCUT2D eigenvalue weighted by molar-refractivity contribution is 5.79. The number of oxazole rings is 1. The molecule has 2 aromatic carbocycles. The Labute approximate surface area is 237 Å². The first-order chi connectivity index (χ1) is 19.1. The standard InChI is InChI=1S/C32H41N3O5/c1-7-38-31(37)32(5,6)40-29-21(2)15-25(16-22(29)3)18-35(20-28(36)33-17-24-13-14-24)19-27-23(4)39-30(34-27)26-11-9-8-10-12-26/h8-12,15-16,24H,7,13-14,17-20H2,1-6H3,(H,33,36). The molecular weight excluding hydrogens is 506 g/mol. The van der Waals surface area contributed by atoms with Crippen LogP contribution in [0.4, 0.5) is 0 Å². The minimum atomic E-state index is -1.11. The lowest BCUT2D eigenvalue weighted by Gasteiger charge is -2.27. The van der Waals surface area contributed by atoms with Gasteiger partial charge in [0.15, 0.2) is 5.60 Å². The van der Waals surface area contributed by atoms with Crippen molar-refractivity contribution in [1.29, 1.82) is 0 Å². The van der Waals surface area contributed by atoms with E-state index in [1.807, 2.05) is 63.2 Å². The molecule has 1 aliphatic carbocycles. The molecule has 1 fully saturated rings. The van der Waals surface area contributed by atoms with Gasteiger partial charge in [-0.25, -0.2) is 9.78 Å². The van der Waals surface area contributed by atoms with Gasteiger partial charge in [-0.2, -0.15) is 0 Å². The smallest absolute Gasteiger partial charge is 0.349 e. The first kappa shape index (κ1) is 29.3. The maximum absolute atomic E-state index is 12.9. The Morgan fingerprint density at radius 2 is 1.75 bits per heavy atom. The molecule has 8 heteroatoms. The molecule has 0 atom stereocenters. The third kappa shape index (κ3) is 7.72. The number of hydrogen-bond donors (Lipinski definition) is 1. The van der Waals surface area contributed by atoms with Gasteiger partial charge < -0.3 is 19.2 Å². The molecule has 0 aliphatic heterocycles. The lowest BCUT2D eigenvalue weighted by molar-refractivity contribution is -0.158. The molecule has 4 rings (SSSR count). The Bertz CT molecular complexity index is 1300. The Hall–Kier alpha value is -3.65. The van der Waals surface area contributed by atoms with Gasteiger partial charge in [-0.15, -0.1) is 0 Å². The highest BCUT2D eigenvalue weighted by Crippen LogP contribution is 2.30. The second-order valence-corrected chi connectivity index (χ2v) is 11.2. The average Bonchev–Trinajstić information content (AvgIpc) is 3.67. The van der Waals surface area contributed by atoms with E-state index < -0.39 is 11.6 Å². The summed E-state index contributed by atoms with van der Waals surface area (Å²) in [6.45, 7) is 13.3. The minimum absolute atomic E-state index is 0.000847. The van der Waals surface area contributed by atoms with Crippen LogP contribution in [0.1, 0.15) is 61.8 Å². The van der Waals surface area contributed by atoms with Crippen LogP contribution >= 0.6 is 0 Å². The van der Waals surface area contributed by atoms with Gasteiger partial charge in [0.05, 0.1) is 18.8 Å². The van der Waals surface area contributed by atoms with E-state index in [1.165, 1.54) is 12.8 Å². The fourth-order valence-corrected chi connectivity index (χ4v) is 4.65. The van der Waals surface area contributed by atoms with Crippen LogP contribution in [0.2, 0.25) is 0 Å². The number of carbonyl (C=O) groups is 2. The van der Waals surface area contributed by atoms with Gasteiger partial charge >= 0.3 is 5.97 Å². The molecule has 0 bridgehead atoms. The number of nitrogens with one attached hydrogen (secondary N) is 1. The van der Waals surface area contributed by atoms with Crippen molar-refractivity contribution in [2.45, 2.75) is 73.1 Å². The Kier molecular flexibility index (Phi) is 9.30. The van der Waals surface area contributed by atoms with Crippen LogP contribution in [0.25, 0.3) is 11.5 Å². The van der Waals surface area contributed by atoms with E-state index >= 15 is 0 Å². The number of ether oxygens (including phenoxy) is 2. The molecule has 214 valence electrons. The van der Waals surface area contributed by atoms with Gasteiger partial charge in [0.1, 0.15) is 11.5 Å². The summed E-state index contributed by atoms with van der Waals surface area (Å²) in [5, 5.41) is 3.08. The number of nitrogens with zero attached hydrogens (tertiary/aromatic N) is 2. The number of hydrogen-bond acceptors (Lipinski definition) is 7. The number of benzene rings is 2. The van der Waals surface area contributed by atoms with E-state index in [1.54, 1.807) is 20.8 Å². The highest BCUT2D eigenvalue weighted by atomic mass is 16.6. The molecule has 0 saturated heterocycles. The molecule has 40 heavy (non-hydrogen) atoms. The number of carbonyl (C=O) groups excluding carboxylic acids is 2. The number of aryl methyl sites for hydroxylation is 3. The van der Waals surface area contributed by atoms with Crippen LogP contribution in [-0.4, -0.2) is 47.1 Å². The summed E-state index contributed by atoms with van der Waals surface area (Å²) in [6, 6.07) is 13.9. The molecule has 0 spiro atoms. The van der Waals surface area contributed by atoms with E-state index in [4.69, 9.17) is 18.9 Å². The molecule has 1 aromatic heterocycles. The summed E-state index contributed by atoms with van der Waals surface area (Å²) in [5.41, 5.74) is 3.47. The average molecular weight is 548 g/mol. The predicted molar refractivity (Wildman–Crippen MR) is 154 cm³/mol. The van der Waals surface area contributed by atoms with Crippen molar-refractivity contribution in [2.75, 3.05) is 19.7 Å². The van der Waals surface area contributed by atoms with Crippen LogP contribution in [0, 0.1) is 26.7 Å². The Balaban J connectivity index is 1.53. The molecule has 1 aliphatic rings. The minimum Gasteiger partial charge on any atom is -0.476 e. The number of amides is 1. The van der Waals surface area contributed by atoms with Crippen LogP contribution in [0.15, 0.2) is 46.9 Å². The van der Waals surface area contributed by atoms with Crippen molar-refractivity contribution < 1.29 is 23.5 Å². The van der Waals surface area contributed by atoms with Gasteiger partial charge in [-0.05, 0) is 89.1 Å². The summed E-state index contributed by atoms with van der Waals surface area (Å²) in [4.78, 5) is 32.1. The third-order valence-corrected chi connectivity index (χ3v) is 6.99. The molecule has 1 heterocycles. The molecular formula is C32H41N3O5. The molecule has 0 radical (unpaired) electrons. The maximum Gasteiger partial charge on any atom is 0.349 e. The van der Waals surface area contributed by atoms with Gasteiger partial charge in [-0.3, -0.25) is 9.69 Å². The Morgan fingerprint density at radius 1 is 1.07 bits per heavy atom. The van der Waals surface area contributed by atoms with E-state index in [-0.39, 0.29) is 12.5 Å². The second-order valence-electron chi connectivity index (χ2n) is 11.2. The number of rotatable bonds is 13. The van der Waals surface area contributed by atoms with Crippen LogP contribution in [0.3, 0.4) is 0 Å². The molecule has 1 saturated carbocycles. The number of aromatic nitrogens is 1. The highest BCUT2D eigenvalue weighted by Gasteiger charge is 2.32. The van der Waals surface area contributed by atoms with E-state index in [2.05, 4.69) is 10.2 Å². The van der Waals surface area contributed by atoms with Crippen LogP contribution in [-0.2, 0) is 27.4 Å². The van der Waals surface area contributed by atoms with Gasteiger partial charge in [0, 0.05) is 25.2 Å². The topological polar surface area (TPSA) is 93.9 Å². The number of esters is 1. The van der Waals surface area contributed by atoms with Crippen molar-refractivity contribution in [3.8, 4) is 17.2 Å². The lowest BCUT2D eigenvalue weighted by atomic mass is 10.0. The zero-order valence-corrected chi connectivity index (χ0v) is 24.5. The van der Waals surface area contributed by atoms with E-state index in [0.29, 0.717) is 37.3 Å². The van der Waals surface area contributed by atoms with Crippen LogP contribution < -0.4 is 10.1 Å². The zero-order valence-electron chi connectivity index (χ0n) is 24.5. The molecule has 3 aromatic rings. The largest absolute Gasteiger partial charge is 0.476 e. The van der Waals surface area contributed by atoms with Crippen molar-refractivity contribution >= 4 is 11.9 Å². The van der Waals surface area contributed by atoms with Gasteiger partial charge in [0.2, 0.25) is 11.8 Å². The van der Waals surface area contributed by atoms with Crippen molar-refractivity contribution in [2.24, 2.45) is 5.92 Å². The predicted octanol–water partition coefficient (Wildman–Crippen LogP) is 5.52. The molecule has 1 N–H and O–H groups in total.